The molecule has 3 aromatic rings. The third-order valence-corrected chi connectivity index (χ3v) is 6.36. The van der Waals surface area contributed by atoms with Crippen molar-refractivity contribution in [3.05, 3.63) is 60.0 Å². The zero-order valence-electron chi connectivity index (χ0n) is 20.4. The molecular weight excluding hydrogens is 444 g/mol. The van der Waals surface area contributed by atoms with E-state index in [0.29, 0.717) is 6.54 Å². The first-order valence-corrected chi connectivity index (χ1v) is 11.8. The minimum absolute atomic E-state index is 0.0146. The Labute approximate surface area is 205 Å². The van der Waals surface area contributed by atoms with Gasteiger partial charge >= 0.3 is 0 Å². The van der Waals surface area contributed by atoms with Gasteiger partial charge in [0.05, 0.1) is 19.4 Å². The van der Waals surface area contributed by atoms with Gasteiger partial charge in [-0.25, -0.2) is 15.0 Å². The molecule has 1 aromatic carbocycles. The number of carbonyl (C=O) groups is 1. The van der Waals surface area contributed by atoms with Crippen molar-refractivity contribution in [2.45, 2.75) is 26.4 Å². The second-order valence-electron chi connectivity index (χ2n) is 8.70. The van der Waals surface area contributed by atoms with E-state index in [1.807, 2.05) is 47.5 Å². The predicted octanol–water partition coefficient (Wildman–Crippen LogP) is 2.92. The number of ether oxygens (including phenoxy) is 1. The molecule has 1 aliphatic rings. The third-order valence-electron chi connectivity index (χ3n) is 6.36. The summed E-state index contributed by atoms with van der Waals surface area (Å²) >= 11 is 0. The van der Waals surface area contributed by atoms with Crippen LogP contribution in [0, 0.1) is 0 Å². The van der Waals surface area contributed by atoms with Gasteiger partial charge in [-0.2, -0.15) is 0 Å². The van der Waals surface area contributed by atoms with E-state index in [1.165, 1.54) is 0 Å². The van der Waals surface area contributed by atoms with Gasteiger partial charge in [0.15, 0.2) is 0 Å². The van der Waals surface area contributed by atoms with Crippen molar-refractivity contribution in [3.63, 3.8) is 0 Å². The Morgan fingerprint density at radius 3 is 2.57 bits per heavy atom. The molecule has 1 amide bonds. The molecule has 0 bridgehead atoms. The molecule has 1 aliphatic heterocycles. The molecule has 9 nitrogen and oxygen atoms in total. The van der Waals surface area contributed by atoms with Gasteiger partial charge < -0.3 is 25.0 Å². The van der Waals surface area contributed by atoms with E-state index >= 15 is 0 Å². The topological polar surface area (TPSA) is 104 Å². The fraction of sp³-hybridized carbons (Fsp3) is 0.385. The summed E-state index contributed by atoms with van der Waals surface area (Å²) in [5.74, 6) is 2.69. The monoisotopic (exact) mass is 476 g/mol. The highest BCUT2D eigenvalue weighted by Crippen LogP contribution is 2.28. The number of aromatic nitrogens is 3. The van der Waals surface area contributed by atoms with Crippen LogP contribution in [0.5, 0.6) is 5.75 Å². The number of aliphatic hydroxyl groups excluding tert-OH is 1. The fourth-order valence-electron chi connectivity index (χ4n) is 4.22. The van der Waals surface area contributed by atoms with Gasteiger partial charge in [-0.1, -0.05) is 19.1 Å². The van der Waals surface area contributed by atoms with Gasteiger partial charge in [0.25, 0.3) is 0 Å². The minimum Gasteiger partial charge on any atom is -0.496 e. The maximum atomic E-state index is 11.5. The lowest BCUT2D eigenvalue weighted by molar-refractivity contribution is -0.129. The number of pyridine rings is 1. The van der Waals surface area contributed by atoms with Crippen LogP contribution in [0.25, 0.3) is 11.3 Å². The molecule has 9 heteroatoms. The quantitative estimate of drug-likeness (QED) is 0.512. The summed E-state index contributed by atoms with van der Waals surface area (Å²) in [4.78, 5) is 29.0. The summed E-state index contributed by atoms with van der Waals surface area (Å²) in [5.41, 5.74) is 3.59. The second-order valence-corrected chi connectivity index (χ2v) is 8.70. The molecule has 1 fully saturated rings. The van der Waals surface area contributed by atoms with Gasteiger partial charge in [0.2, 0.25) is 5.91 Å². The highest BCUT2D eigenvalue weighted by atomic mass is 16.5. The SMILES string of the molecule is COc1cc(CO)ccc1C(C)CNc1cc(-c2ccc(N3CCN(C(C)=O)CC3)nc2)ncn1. The van der Waals surface area contributed by atoms with Crippen LogP contribution in [0.15, 0.2) is 48.9 Å². The van der Waals surface area contributed by atoms with Crippen molar-refractivity contribution in [3.8, 4) is 17.0 Å². The molecule has 2 N–H and O–H groups in total. The van der Waals surface area contributed by atoms with Gasteiger partial charge in [-0.05, 0) is 29.3 Å². The summed E-state index contributed by atoms with van der Waals surface area (Å²) in [7, 11) is 1.64. The van der Waals surface area contributed by atoms with E-state index in [4.69, 9.17) is 4.74 Å². The average Bonchev–Trinajstić information content (AvgIpc) is 2.91. The number of amides is 1. The largest absolute Gasteiger partial charge is 0.496 e. The van der Waals surface area contributed by atoms with Crippen LogP contribution < -0.4 is 15.0 Å². The molecule has 4 rings (SSSR count). The Bertz CT molecular complexity index is 1150. The van der Waals surface area contributed by atoms with Crippen molar-refractivity contribution < 1.29 is 14.6 Å². The Kier molecular flexibility index (Phi) is 7.77. The van der Waals surface area contributed by atoms with Crippen molar-refractivity contribution >= 4 is 17.5 Å². The summed E-state index contributed by atoms with van der Waals surface area (Å²) in [6.07, 6.45) is 3.38. The molecule has 1 atom stereocenters. The molecule has 2 aromatic heterocycles. The van der Waals surface area contributed by atoms with E-state index in [9.17, 15) is 9.90 Å². The summed E-state index contributed by atoms with van der Waals surface area (Å²) in [5, 5.41) is 12.8. The minimum atomic E-state index is -0.0146. The maximum absolute atomic E-state index is 11.5. The standard InChI is InChI=1S/C26H32N6O3/c1-18(22-6-4-20(16-33)12-24(22)35-3)14-27-25-13-23(29-17-30-25)21-5-7-26(28-15-21)32-10-8-31(9-11-32)19(2)34/h4-7,12-13,15,17-18,33H,8-11,14,16H2,1-3H3,(H,27,29,30). The predicted molar refractivity (Wildman–Crippen MR) is 136 cm³/mol. The van der Waals surface area contributed by atoms with E-state index in [0.717, 1.165) is 65.9 Å². The van der Waals surface area contributed by atoms with Crippen LogP contribution >= 0.6 is 0 Å². The van der Waals surface area contributed by atoms with Crippen LogP contribution in [0.1, 0.15) is 30.9 Å². The zero-order valence-corrected chi connectivity index (χ0v) is 20.4. The Hall–Kier alpha value is -3.72. The van der Waals surface area contributed by atoms with Crippen LogP contribution in [0.2, 0.25) is 0 Å². The molecule has 0 spiro atoms. The van der Waals surface area contributed by atoms with E-state index < -0.39 is 0 Å². The van der Waals surface area contributed by atoms with Crippen LogP contribution in [-0.4, -0.2) is 70.7 Å². The number of methoxy groups -OCH3 is 1. The number of nitrogens with one attached hydrogen (secondary N) is 1. The molecular formula is C26H32N6O3. The number of benzene rings is 1. The number of hydrogen-bond donors (Lipinski definition) is 2. The van der Waals surface area contributed by atoms with Crippen molar-refractivity contribution in [2.24, 2.45) is 0 Å². The van der Waals surface area contributed by atoms with Crippen molar-refractivity contribution in [2.75, 3.05) is 50.1 Å². The first-order valence-electron chi connectivity index (χ1n) is 11.8. The van der Waals surface area contributed by atoms with Crippen LogP contribution in [-0.2, 0) is 11.4 Å². The lowest BCUT2D eigenvalue weighted by Gasteiger charge is -2.34. The van der Waals surface area contributed by atoms with Gasteiger partial charge in [-0.3, -0.25) is 4.79 Å². The van der Waals surface area contributed by atoms with Gasteiger partial charge in [-0.15, -0.1) is 0 Å². The molecule has 1 saturated heterocycles. The third kappa shape index (κ3) is 5.86. The number of anilines is 2. The summed E-state index contributed by atoms with van der Waals surface area (Å²) < 4.78 is 5.51. The molecule has 0 aliphatic carbocycles. The molecule has 3 heterocycles. The summed E-state index contributed by atoms with van der Waals surface area (Å²) in [6.45, 7) is 7.36. The number of nitrogens with zero attached hydrogens (tertiary/aromatic N) is 5. The molecule has 0 saturated carbocycles. The van der Waals surface area contributed by atoms with Crippen molar-refractivity contribution in [1.82, 2.24) is 19.9 Å². The number of piperazine rings is 1. The first kappa shape index (κ1) is 24.4. The van der Waals surface area contributed by atoms with E-state index in [-0.39, 0.29) is 18.4 Å². The smallest absolute Gasteiger partial charge is 0.219 e. The Morgan fingerprint density at radius 2 is 1.91 bits per heavy atom. The number of aliphatic hydroxyl groups is 1. The Morgan fingerprint density at radius 1 is 1.11 bits per heavy atom. The first-order chi connectivity index (χ1) is 17.0. The molecule has 35 heavy (non-hydrogen) atoms. The zero-order chi connectivity index (χ0) is 24.8. The highest BCUT2D eigenvalue weighted by Gasteiger charge is 2.19. The van der Waals surface area contributed by atoms with E-state index in [2.05, 4.69) is 32.1 Å². The van der Waals surface area contributed by atoms with Gasteiger partial charge in [0.1, 0.15) is 23.7 Å². The lowest BCUT2D eigenvalue weighted by Crippen LogP contribution is -2.48. The van der Waals surface area contributed by atoms with E-state index in [1.54, 1.807) is 20.4 Å². The Balaban J connectivity index is 1.39. The molecule has 0 radical (unpaired) electrons. The van der Waals surface area contributed by atoms with Crippen LogP contribution in [0.3, 0.4) is 0 Å². The molecule has 184 valence electrons. The number of hydrogen-bond acceptors (Lipinski definition) is 8. The normalized spacial score (nSPS) is 14.5. The summed E-state index contributed by atoms with van der Waals surface area (Å²) in [6, 6.07) is 11.7. The average molecular weight is 477 g/mol. The number of carbonyl (C=O) groups excluding carboxylic acids is 1. The van der Waals surface area contributed by atoms with Gasteiger partial charge in [0, 0.05) is 63.4 Å². The van der Waals surface area contributed by atoms with Crippen molar-refractivity contribution in [1.29, 1.82) is 0 Å². The second kappa shape index (κ2) is 11.1. The molecule has 1 unspecified atom stereocenters. The van der Waals surface area contributed by atoms with Crippen LogP contribution in [0.4, 0.5) is 11.6 Å². The maximum Gasteiger partial charge on any atom is 0.219 e. The highest BCUT2D eigenvalue weighted by molar-refractivity contribution is 5.73. The fourth-order valence-corrected chi connectivity index (χ4v) is 4.22. The lowest BCUT2D eigenvalue weighted by atomic mass is 9.98. The number of rotatable bonds is 8.